The minimum Gasteiger partial charge on any atom is -0.486 e. The van der Waals surface area contributed by atoms with Gasteiger partial charge in [0, 0.05) is 31.8 Å². The maximum atomic E-state index is 12.5. The highest BCUT2D eigenvalue weighted by Crippen LogP contribution is 2.28. The van der Waals surface area contributed by atoms with Gasteiger partial charge in [-0.25, -0.2) is 4.98 Å². The number of aromatic nitrogens is 2. The van der Waals surface area contributed by atoms with Crippen LogP contribution in [-0.4, -0.2) is 53.2 Å². The zero-order valence-electron chi connectivity index (χ0n) is 16.9. The van der Waals surface area contributed by atoms with Gasteiger partial charge < -0.3 is 19.7 Å². The number of anilines is 1. The predicted molar refractivity (Wildman–Crippen MR) is 115 cm³/mol. The van der Waals surface area contributed by atoms with Gasteiger partial charge in [0.15, 0.2) is 6.19 Å². The van der Waals surface area contributed by atoms with Crippen LogP contribution in [0, 0.1) is 11.5 Å². The van der Waals surface area contributed by atoms with E-state index in [9.17, 15) is 4.79 Å². The summed E-state index contributed by atoms with van der Waals surface area (Å²) < 4.78 is 11.2. The van der Waals surface area contributed by atoms with Crippen LogP contribution < -0.4 is 10.1 Å². The number of carbonyl (C=O) groups is 1. The highest BCUT2D eigenvalue weighted by molar-refractivity contribution is 6.32. The first-order valence-electron chi connectivity index (χ1n) is 10.1. The fourth-order valence-corrected chi connectivity index (χ4v) is 3.60. The van der Waals surface area contributed by atoms with E-state index in [2.05, 4.69) is 21.5 Å². The molecule has 4 heterocycles. The van der Waals surface area contributed by atoms with Crippen molar-refractivity contribution in [1.29, 1.82) is 5.26 Å². The van der Waals surface area contributed by atoms with Gasteiger partial charge in [-0.15, -0.1) is 0 Å². The predicted octanol–water partition coefficient (Wildman–Crippen LogP) is 3.05. The van der Waals surface area contributed by atoms with Gasteiger partial charge in [-0.1, -0.05) is 23.7 Å². The number of pyridine rings is 2. The van der Waals surface area contributed by atoms with E-state index < -0.39 is 0 Å². The molecule has 4 rings (SSSR count). The average Bonchev–Trinajstić information content (AvgIpc) is 3.30. The summed E-state index contributed by atoms with van der Waals surface area (Å²) in [6, 6.07) is 5.43. The smallest absolute Gasteiger partial charge is 0.230 e. The van der Waals surface area contributed by atoms with Crippen molar-refractivity contribution in [2.75, 3.05) is 31.6 Å². The first kappa shape index (κ1) is 21.1. The van der Waals surface area contributed by atoms with E-state index in [1.54, 1.807) is 17.2 Å². The third-order valence-corrected chi connectivity index (χ3v) is 5.42. The van der Waals surface area contributed by atoms with Crippen molar-refractivity contribution in [3.8, 4) is 11.9 Å². The Kier molecular flexibility index (Phi) is 6.65. The van der Waals surface area contributed by atoms with Crippen molar-refractivity contribution in [3.05, 3.63) is 52.9 Å². The van der Waals surface area contributed by atoms with E-state index in [0.29, 0.717) is 42.9 Å². The second kappa shape index (κ2) is 9.77. The normalized spacial score (nSPS) is 18.3. The summed E-state index contributed by atoms with van der Waals surface area (Å²) in [5, 5.41) is 12.1. The van der Waals surface area contributed by atoms with Crippen LogP contribution in [0.5, 0.6) is 5.75 Å². The van der Waals surface area contributed by atoms with E-state index in [1.807, 2.05) is 18.2 Å². The van der Waals surface area contributed by atoms with Crippen molar-refractivity contribution in [2.24, 2.45) is 0 Å². The van der Waals surface area contributed by atoms with Gasteiger partial charge in [0.05, 0.1) is 31.5 Å². The van der Waals surface area contributed by atoms with Gasteiger partial charge >= 0.3 is 0 Å². The Morgan fingerprint density at radius 2 is 2.29 bits per heavy atom. The SMILES string of the molecule is N#CN1CC=C(c2ccc(CC(=O)Nc3cc(OC4CCOC4)c(Cl)cn3)cn2)CC1. The van der Waals surface area contributed by atoms with Crippen LogP contribution in [0.3, 0.4) is 0 Å². The van der Waals surface area contributed by atoms with E-state index in [0.717, 1.165) is 29.7 Å². The second-order valence-corrected chi connectivity index (χ2v) is 7.81. The number of rotatable bonds is 6. The number of nitriles is 1. The van der Waals surface area contributed by atoms with Gasteiger partial charge in [0.1, 0.15) is 22.7 Å². The van der Waals surface area contributed by atoms with Gasteiger partial charge in [0.25, 0.3) is 0 Å². The first-order valence-corrected chi connectivity index (χ1v) is 10.5. The zero-order chi connectivity index (χ0) is 21.6. The Bertz CT molecular complexity index is 1010. The number of carbonyl (C=O) groups excluding carboxylic acids is 1. The molecule has 9 heteroatoms. The van der Waals surface area contributed by atoms with E-state index >= 15 is 0 Å². The molecule has 0 bridgehead atoms. The van der Waals surface area contributed by atoms with Crippen LogP contribution in [-0.2, 0) is 16.0 Å². The monoisotopic (exact) mass is 439 g/mol. The third kappa shape index (κ3) is 5.51. The number of hydrogen-bond acceptors (Lipinski definition) is 7. The molecule has 0 aromatic carbocycles. The summed E-state index contributed by atoms with van der Waals surface area (Å²) in [7, 11) is 0. The van der Waals surface area contributed by atoms with Crippen molar-refractivity contribution in [2.45, 2.75) is 25.4 Å². The molecular weight excluding hydrogens is 418 g/mol. The number of amides is 1. The van der Waals surface area contributed by atoms with Crippen molar-refractivity contribution < 1.29 is 14.3 Å². The Balaban J connectivity index is 1.34. The highest BCUT2D eigenvalue weighted by Gasteiger charge is 2.19. The molecular formula is C22H22ClN5O3. The fourth-order valence-electron chi connectivity index (χ4n) is 3.45. The Morgan fingerprint density at radius 1 is 1.39 bits per heavy atom. The van der Waals surface area contributed by atoms with Crippen LogP contribution in [0.15, 0.2) is 36.7 Å². The van der Waals surface area contributed by atoms with E-state index in [4.69, 9.17) is 26.3 Å². The molecule has 0 spiro atoms. The van der Waals surface area contributed by atoms with Crippen LogP contribution in [0.4, 0.5) is 5.82 Å². The molecule has 1 N–H and O–H groups in total. The highest BCUT2D eigenvalue weighted by atomic mass is 35.5. The minimum absolute atomic E-state index is 0.0460. The molecule has 2 aliphatic rings. The molecule has 1 atom stereocenters. The summed E-state index contributed by atoms with van der Waals surface area (Å²) in [5.41, 5.74) is 2.79. The molecule has 1 saturated heterocycles. The quantitative estimate of drug-likeness (QED) is 0.690. The first-order chi connectivity index (χ1) is 15.1. The van der Waals surface area contributed by atoms with Crippen LogP contribution in [0.1, 0.15) is 24.1 Å². The van der Waals surface area contributed by atoms with Gasteiger partial charge in [-0.3, -0.25) is 9.78 Å². The second-order valence-electron chi connectivity index (χ2n) is 7.41. The number of nitrogens with zero attached hydrogens (tertiary/aromatic N) is 4. The van der Waals surface area contributed by atoms with Gasteiger partial charge in [0.2, 0.25) is 5.91 Å². The molecule has 0 radical (unpaired) electrons. The van der Waals surface area contributed by atoms with Crippen molar-refractivity contribution >= 4 is 28.9 Å². The number of halogens is 1. The summed E-state index contributed by atoms with van der Waals surface area (Å²) >= 11 is 6.16. The lowest BCUT2D eigenvalue weighted by atomic mass is 10.0. The van der Waals surface area contributed by atoms with Crippen LogP contribution >= 0.6 is 11.6 Å². The molecule has 2 aromatic heterocycles. The topological polar surface area (TPSA) is 100 Å². The Hall–Kier alpha value is -3.15. The number of nitrogens with one attached hydrogen (secondary N) is 1. The average molecular weight is 440 g/mol. The standard InChI is InChI=1S/C22H22ClN5O3/c23-18-12-26-21(10-20(18)31-17-5-8-30-13-17)27-22(29)9-15-1-2-19(25-11-15)16-3-6-28(14-24)7-4-16/h1-3,10-12,17H,4-9,13H2,(H,26,27,29). The maximum absolute atomic E-state index is 12.5. The zero-order valence-corrected chi connectivity index (χ0v) is 17.6. The summed E-state index contributed by atoms with van der Waals surface area (Å²) in [4.78, 5) is 22.8. The van der Waals surface area contributed by atoms with Crippen LogP contribution in [0.25, 0.3) is 5.57 Å². The minimum atomic E-state index is -0.207. The summed E-state index contributed by atoms with van der Waals surface area (Å²) in [6.07, 6.45) is 9.04. The fraction of sp³-hybridized carbons (Fsp3) is 0.364. The molecule has 0 aliphatic carbocycles. The molecule has 2 aromatic rings. The Morgan fingerprint density at radius 3 is 2.97 bits per heavy atom. The summed E-state index contributed by atoms with van der Waals surface area (Å²) in [6.45, 7) is 2.49. The van der Waals surface area contributed by atoms with Crippen LogP contribution in [0.2, 0.25) is 5.02 Å². The molecule has 160 valence electrons. The molecule has 2 aliphatic heterocycles. The lowest BCUT2D eigenvalue weighted by Gasteiger charge is -2.20. The lowest BCUT2D eigenvalue weighted by Crippen LogP contribution is -2.23. The number of ether oxygens (including phenoxy) is 2. The van der Waals surface area contributed by atoms with Gasteiger partial charge in [-0.2, -0.15) is 5.26 Å². The number of hydrogen-bond donors (Lipinski definition) is 1. The van der Waals surface area contributed by atoms with Gasteiger partial charge in [-0.05, 0) is 23.6 Å². The third-order valence-electron chi connectivity index (χ3n) is 5.14. The maximum Gasteiger partial charge on any atom is 0.230 e. The van der Waals surface area contributed by atoms with Crippen molar-refractivity contribution in [3.63, 3.8) is 0 Å². The molecule has 1 amide bonds. The molecule has 31 heavy (non-hydrogen) atoms. The van der Waals surface area contributed by atoms with E-state index in [-0.39, 0.29) is 18.4 Å². The molecule has 1 fully saturated rings. The van der Waals surface area contributed by atoms with Crippen molar-refractivity contribution in [1.82, 2.24) is 14.9 Å². The Labute approximate surface area is 185 Å². The molecule has 0 saturated carbocycles. The largest absolute Gasteiger partial charge is 0.486 e. The van der Waals surface area contributed by atoms with E-state index in [1.165, 1.54) is 6.20 Å². The molecule has 1 unspecified atom stereocenters. The summed E-state index contributed by atoms with van der Waals surface area (Å²) in [5.74, 6) is 0.646. The lowest BCUT2D eigenvalue weighted by molar-refractivity contribution is -0.115. The molecule has 8 nitrogen and oxygen atoms in total.